The molecule has 2 rings (SSSR count). The van der Waals surface area contributed by atoms with Gasteiger partial charge in [0, 0.05) is 30.4 Å². The number of amides is 1. The van der Waals surface area contributed by atoms with Gasteiger partial charge in [0.1, 0.15) is 12.4 Å². The lowest BCUT2D eigenvalue weighted by molar-refractivity contribution is 0.102. The normalized spacial score (nSPS) is 11.2. The zero-order valence-corrected chi connectivity index (χ0v) is 16.3. The van der Waals surface area contributed by atoms with Crippen molar-refractivity contribution in [3.63, 3.8) is 0 Å². The lowest BCUT2D eigenvalue weighted by atomic mass is 10.2. The number of carbonyl (C=O) groups excluding carboxylic acids is 1. The Bertz CT molecular complexity index is 906. The first-order chi connectivity index (χ1) is 12.9. The molecule has 0 heterocycles. The van der Waals surface area contributed by atoms with E-state index in [4.69, 9.17) is 4.74 Å². The van der Waals surface area contributed by atoms with Gasteiger partial charge in [0.05, 0.1) is 4.90 Å². The summed E-state index contributed by atoms with van der Waals surface area (Å²) in [4.78, 5) is 12.7. The van der Waals surface area contributed by atoms with Crippen LogP contribution in [0, 0.1) is 0 Å². The molecule has 0 unspecified atom stereocenters. The van der Waals surface area contributed by atoms with E-state index in [1.807, 2.05) is 0 Å². The fourth-order valence-corrected chi connectivity index (χ4v) is 4.04. The van der Waals surface area contributed by atoms with Crippen molar-refractivity contribution in [3.05, 3.63) is 66.7 Å². The van der Waals surface area contributed by atoms with E-state index in [-0.39, 0.29) is 10.5 Å². The summed E-state index contributed by atoms with van der Waals surface area (Å²) in [5.41, 5.74) is 0.819. The number of hydrogen-bond donors (Lipinski definition) is 1. The molecule has 0 saturated carbocycles. The van der Waals surface area contributed by atoms with Crippen LogP contribution >= 0.6 is 0 Å². The van der Waals surface area contributed by atoms with Crippen molar-refractivity contribution in [2.24, 2.45) is 0 Å². The average molecular weight is 388 g/mol. The number of ether oxygens (including phenoxy) is 1. The van der Waals surface area contributed by atoms with Crippen LogP contribution in [-0.4, -0.2) is 38.3 Å². The molecule has 0 bridgehead atoms. The van der Waals surface area contributed by atoms with E-state index in [0.717, 1.165) is 0 Å². The minimum absolute atomic E-state index is 0.0990. The molecular weight excluding hydrogens is 364 g/mol. The van der Waals surface area contributed by atoms with Gasteiger partial charge < -0.3 is 10.1 Å². The molecule has 0 atom stereocenters. The second-order valence-electron chi connectivity index (χ2n) is 5.70. The van der Waals surface area contributed by atoms with E-state index >= 15 is 0 Å². The molecule has 0 fully saturated rings. The molecule has 0 spiro atoms. The highest BCUT2D eigenvalue weighted by atomic mass is 32.2. The summed E-state index contributed by atoms with van der Waals surface area (Å²) in [6.45, 7) is 8.24. The van der Waals surface area contributed by atoms with Gasteiger partial charge in [-0.2, -0.15) is 4.31 Å². The fourth-order valence-electron chi connectivity index (χ4n) is 2.53. The molecule has 0 aromatic heterocycles. The third kappa shape index (κ3) is 5.18. The quantitative estimate of drug-likeness (QED) is 0.667. The maximum absolute atomic E-state index is 12.6. The van der Waals surface area contributed by atoms with Gasteiger partial charge in [0.25, 0.3) is 5.91 Å². The van der Waals surface area contributed by atoms with Crippen LogP contribution in [0.4, 0.5) is 5.69 Å². The van der Waals surface area contributed by atoms with Crippen LogP contribution in [0.15, 0.2) is 66.1 Å². The van der Waals surface area contributed by atoms with Crippen molar-refractivity contribution in [1.29, 1.82) is 0 Å². The molecule has 2 aromatic carbocycles. The number of nitrogens with zero attached hydrogens (tertiary/aromatic N) is 1. The first-order valence-corrected chi connectivity index (χ1v) is 10.1. The topological polar surface area (TPSA) is 75.7 Å². The molecule has 27 heavy (non-hydrogen) atoms. The number of rotatable bonds is 9. The van der Waals surface area contributed by atoms with Crippen LogP contribution < -0.4 is 10.1 Å². The SMILES string of the molecule is C=CCOc1cccc(NC(=O)c2cccc(S(=O)(=O)N(CC)CC)c2)c1. The van der Waals surface area contributed by atoms with Crippen molar-refractivity contribution in [3.8, 4) is 5.75 Å². The Balaban J connectivity index is 2.22. The molecule has 1 amide bonds. The van der Waals surface area contributed by atoms with Gasteiger partial charge >= 0.3 is 0 Å². The summed E-state index contributed by atoms with van der Waals surface area (Å²) in [7, 11) is -3.62. The Morgan fingerprint density at radius 1 is 1.15 bits per heavy atom. The summed E-state index contributed by atoms with van der Waals surface area (Å²) in [5.74, 6) is 0.207. The van der Waals surface area contributed by atoms with Crippen LogP contribution in [0.1, 0.15) is 24.2 Å². The van der Waals surface area contributed by atoms with Gasteiger partial charge in [-0.3, -0.25) is 4.79 Å². The van der Waals surface area contributed by atoms with Crippen molar-refractivity contribution in [1.82, 2.24) is 4.31 Å². The number of nitrogens with one attached hydrogen (secondary N) is 1. The van der Waals surface area contributed by atoms with Crippen LogP contribution in [0.2, 0.25) is 0 Å². The van der Waals surface area contributed by atoms with Gasteiger partial charge in [-0.25, -0.2) is 8.42 Å². The van der Waals surface area contributed by atoms with Gasteiger partial charge in [0.15, 0.2) is 0 Å². The lowest BCUT2D eigenvalue weighted by Crippen LogP contribution is -2.30. The summed E-state index contributed by atoms with van der Waals surface area (Å²) >= 11 is 0. The highest BCUT2D eigenvalue weighted by Gasteiger charge is 2.22. The monoisotopic (exact) mass is 388 g/mol. The molecule has 7 heteroatoms. The zero-order valence-electron chi connectivity index (χ0n) is 15.5. The molecule has 0 aliphatic rings. The van der Waals surface area contributed by atoms with Crippen molar-refractivity contribution in [2.45, 2.75) is 18.7 Å². The predicted molar refractivity (Wildman–Crippen MR) is 107 cm³/mol. The number of anilines is 1. The van der Waals surface area contributed by atoms with E-state index in [2.05, 4.69) is 11.9 Å². The Kier molecular flexibility index (Phi) is 7.15. The highest BCUT2D eigenvalue weighted by molar-refractivity contribution is 7.89. The lowest BCUT2D eigenvalue weighted by Gasteiger charge is -2.18. The first kappa shape index (κ1) is 20.7. The first-order valence-electron chi connectivity index (χ1n) is 8.67. The maximum atomic E-state index is 12.6. The average Bonchev–Trinajstić information content (AvgIpc) is 2.67. The number of benzene rings is 2. The standard InChI is InChI=1S/C20H24N2O4S/c1-4-13-26-18-11-8-10-17(15-18)21-20(23)16-9-7-12-19(14-16)27(24,25)22(5-2)6-3/h4,7-12,14-15H,1,5-6,13H2,2-3H3,(H,21,23). The summed E-state index contributed by atoms with van der Waals surface area (Å²) in [6.07, 6.45) is 1.63. The zero-order chi connectivity index (χ0) is 19.9. The summed E-state index contributed by atoms with van der Waals surface area (Å²) in [5, 5.41) is 2.76. The predicted octanol–water partition coefficient (Wildman–Crippen LogP) is 3.53. The molecular formula is C20H24N2O4S. The molecule has 0 aliphatic carbocycles. The molecule has 0 radical (unpaired) electrons. The van der Waals surface area contributed by atoms with E-state index in [9.17, 15) is 13.2 Å². The Hall–Kier alpha value is -2.64. The van der Waals surface area contributed by atoms with E-state index in [1.54, 1.807) is 56.3 Å². The molecule has 6 nitrogen and oxygen atoms in total. The Morgan fingerprint density at radius 2 is 1.85 bits per heavy atom. The molecule has 0 saturated heterocycles. The van der Waals surface area contributed by atoms with Crippen LogP contribution in [-0.2, 0) is 10.0 Å². The molecule has 0 aliphatic heterocycles. The van der Waals surface area contributed by atoms with E-state index in [0.29, 0.717) is 31.1 Å². The smallest absolute Gasteiger partial charge is 0.255 e. The largest absolute Gasteiger partial charge is 0.489 e. The van der Waals surface area contributed by atoms with E-state index < -0.39 is 15.9 Å². The Morgan fingerprint density at radius 3 is 2.52 bits per heavy atom. The van der Waals surface area contributed by atoms with E-state index in [1.165, 1.54) is 16.4 Å². The van der Waals surface area contributed by atoms with Gasteiger partial charge in [-0.05, 0) is 30.3 Å². The second-order valence-corrected chi connectivity index (χ2v) is 7.64. The van der Waals surface area contributed by atoms with Crippen molar-refractivity contribution in [2.75, 3.05) is 25.0 Å². The molecule has 2 aromatic rings. The minimum Gasteiger partial charge on any atom is -0.489 e. The summed E-state index contributed by atoms with van der Waals surface area (Å²) in [6, 6.07) is 13.0. The van der Waals surface area contributed by atoms with Crippen molar-refractivity contribution < 1.29 is 17.9 Å². The van der Waals surface area contributed by atoms with Gasteiger partial charge in [0.2, 0.25) is 10.0 Å². The highest BCUT2D eigenvalue weighted by Crippen LogP contribution is 2.20. The van der Waals surface area contributed by atoms with Crippen molar-refractivity contribution >= 4 is 21.6 Å². The Labute approximate surface area is 160 Å². The van der Waals surface area contributed by atoms with Crippen LogP contribution in [0.5, 0.6) is 5.75 Å². The summed E-state index contributed by atoms with van der Waals surface area (Å²) < 4.78 is 32.1. The van der Waals surface area contributed by atoms with Crippen LogP contribution in [0.3, 0.4) is 0 Å². The van der Waals surface area contributed by atoms with Gasteiger partial charge in [-0.1, -0.05) is 38.6 Å². The maximum Gasteiger partial charge on any atom is 0.255 e. The third-order valence-electron chi connectivity index (χ3n) is 3.90. The van der Waals surface area contributed by atoms with Gasteiger partial charge in [-0.15, -0.1) is 0 Å². The molecule has 1 N–H and O–H groups in total. The number of sulfonamides is 1. The van der Waals surface area contributed by atoms with Crippen LogP contribution in [0.25, 0.3) is 0 Å². The second kappa shape index (κ2) is 9.34. The molecule has 144 valence electrons. The third-order valence-corrected chi connectivity index (χ3v) is 5.95. The fraction of sp³-hybridized carbons (Fsp3) is 0.250. The number of hydrogen-bond acceptors (Lipinski definition) is 4. The number of carbonyl (C=O) groups is 1. The minimum atomic E-state index is -3.62.